The Morgan fingerprint density at radius 3 is 2.64 bits per heavy atom. The van der Waals surface area contributed by atoms with E-state index in [1.807, 2.05) is 47.2 Å². The summed E-state index contributed by atoms with van der Waals surface area (Å²) in [6.07, 6.45) is 4.91. The predicted molar refractivity (Wildman–Crippen MR) is 153 cm³/mol. The van der Waals surface area contributed by atoms with E-state index in [1.54, 1.807) is 29.1 Å². The number of fused-ring (bicyclic) bond motifs is 2. The Balaban J connectivity index is 1.22. The normalized spacial score (nSPS) is 16.9. The van der Waals surface area contributed by atoms with Gasteiger partial charge in [-0.15, -0.1) is 0 Å². The van der Waals surface area contributed by atoms with E-state index in [9.17, 15) is 9.18 Å². The number of benzene rings is 2. The number of likely N-dealkylation sites (tertiary alicyclic amines) is 1. The first kappa shape index (κ1) is 26.0. The number of nitrogens with one attached hydrogen (secondary N) is 1. The SMILES string of the molecule is C=C(F)C(=O)N1CCC(N[C@H]2COc3cc(-n4c(-c5ccccc5F)nc5ccc(-n6cccn6)nc54)ccc32)CC1. The van der Waals surface area contributed by atoms with E-state index in [4.69, 9.17) is 14.7 Å². The van der Waals surface area contributed by atoms with E-state index >= 15 is 4.39 Å². The third-order valence-corrected chi connectivity index (χ3v) is 7.83. The molecule has 2 aromatic carbocycles. The number of carbonyl (C=O) groups is 1. The van der Waals surface area contributed by atoms with Crippen LogP contribution in [0.5, 0.6) is 5.75 Å². The molecule has 2 aliphatic heterocycles. The fourth-order valence-electron chi connectivity index (χ4n) is 5.73. The van der Waals surface area contributed by atoms with Crippen LogP contribution in [0.2, 0.25) is 0 Å². The van der Waals surface area contributed by atoms with E-state index in [0.29, 0.717) is 60.9 Å². The monoisotopic (exact) mass is 567 g/mol. The topological polar surface area (TPSA) is 90.1 Å². The zero-order valence-corrected chi connectivity index (χ0v) is 22.6. The maximum absolute atomic E-state index is 15.0. The molecule has 0 bridgehead atoms. The van der Waals surface area contributed by atoms with Gasteiger partial charge in [-0.3, -0.25) is 9.36 Å². The van der Waals surface area contributed by atoms with Gasteiger partial charge in [0.1, 0.15) is 29.5 Å². The fraction of sp³-hybridized carbons (Fsp3) is 0.226. The summed E-state index contributed by atoms with van der Waals surface area (Å²) < 4.78 is 37.9. The number of carbonyl (C=O) groups excluding carboxylic acids is 1. The van der Waals surface area contributed by atoms with Crippen LogP contribution in [0.15, 0.2) is 85.5 Å². The number of ether oxygens (including phenoxy) is 1. The van der Waals surface area contributed by atoms with Crippen LogP contribution >= 0.6 is 0 Å². The van der Waals surface area contributed by atoms with Gasteiger partial charge in [0, 0.05) is 43.2 Å². The second kappa shape index (κ2) is 10.5. The van der Waals surface area contributed by atoms with Crippen molar-refractivity contribution < 1.29 is 18.3 Å². The van der Waals surface area contributed by atoms with Crippen molar-refractivity contribution in [2.75, 3.05) is 19.7 Å². The standard InChI is InChI=1S/C31H27F2N7O2/c1-19(32)31(41)38-15-11-20(12-16-38)35-26-18-42-27-17-21(7-8-23(26)27)40-29(22-5-2-3-6-24(22)33)36-25-9-10-28(37-30(25)40)39-14-4-13-34-39/h2-10,13-14,17,20,26,35H,1,11-12,15-16,18H2/t26-/m0/s1. The van der Waals surface area contributed by atoms with Gasteiger partial charge in [-0.05, 0) is 49.2 Å². The summed E-state index contributed by atoms with van der Waals surface area (Å²) >= 11 is 0. The number of aromatic nitrogens is 5. The molecule has 212 valence electrons. The van der Waals surface area contributed by atoms with Gasteiger partial charge in [0.2, 0.25) is 0 Å². The zero-order valence-electron chi connectivity index (χ0n) is 22.6. The number of piperidine rings is 1. The Hall–Kier alpha value is -4.90. The molecule has 5 aromatic rings. The highest BCUT2D eigenvalue weighted by Gasteiger charge is 2.30. The minimum atomic E-state index is -0.924. The minimum absolute atomic E-state index is 0.0347. The summed E-state index contributed by atoms with van der Waals surface area (Å²) in [5.74, 6) is -0.185. The Kier molecular flexibility index (Phi) is 6.50. The molecule has 0 saturated carbocycles. The number of pyridine rings is 1. The Morgan fingerprint density at radius 1 is 1.05 bits per heavy atom. The van der Waals surface area contributed by atoms with Gasteiger partial charge in [0.25, 0.3) is 5.91 Å². The highest BCUT2D eigenvalue weighted by molar-refractivity contribution is 5.90. The van der Waals surface area contributed by atoms with Crippen molar-refractivity contribution in [1.29, 1.82) is 0 Å². The van der Waals surface area contributed by atoms with E-state index < -0.39 is 11.7 Å². The number of imidazole rings is 1. The molecule has 1 N–H and O–H groups in total. The van der Waals surface area contributed by atoms with E-state index in [-0.39, 0.29) is 17.9 Å². The Morgan fingerprint density at radius 2 is 1.88 bits per heavy atom. The van der Waals surface area contributed by atoms with Crippen molar-refractivity contribution in [2.24, 2.45) is 0 Å². The number of hydrogen-bond donors (Lipinski definition) is 1. The quantitative estimate of drug-likeness (QED) is 0.294. The van der Waals surface area contributed by atoms with Gasteiger partial charge in [0.15, 0.2) is 17.3 Å². The average molecular weight is 568 g/mol. The predicted octanol–water partition coefficient (Wildman–Crippen LogP) is 4.91. The second-order valence-corrected chi connectivity index (χ2v) is 10.4. The number of amides is 1. The largest absolute Gasteiger partial charge is 0.491 e. The lowest BCUT2D eigenvalue weighted by atomic mass is 10.0. The fourth-order valence-corrected chi connectivity index (χ4v) is 5.73. The molecule has 3 aromatic heterocycles. The number of hydrogen-bond acceptors (Lipinski definition) is 6. The molecule has 0 unspecified atom stereocenters. The van der Waals surface area contributed by atoms with E-state index in [0.717, 1.165) is 17.0 Å². The lowest BCUT2D eigenvalue weighted by Gasteiger charge is -2.33. The van der Waals surface area contributed by atoms with Crippen LogP contribution in [-0.2, 0) is 4.79 Å². The van der Waals surface area contributed by atoms with E-state index in [2.05, 4.69) is 17.0 Å². The number of halogens is 2. The molecule has 7 rings (SSSR count). The summed E-state index contributed by atoms with van der Waals surface area (Å²) in [5, 5.41) is 7.94. The maximum Gasteiger partial charge on any atom is 0.281 e. The highest BCUT2D eigenvalue weighted by Crippen LogP contribution is 2.37. The van der Waals surface area contributed by atoms with Crippen LogP contribution in [0.25, 0.3) is 34.1 Å². The third-order valence-electron chi connectivity index (χ3n) is 7.83. The molecular weight excluding hydrogens is 540 g/mol. The molecule has 5 heterocycles. The molecular formula is C31H27F2N7O2. The van der Waals surface area contributed by atoms with Crippen molar-refractivity contribution in [3.63, 3.8) is 0 Å². The van der Waals surface area contributed by atoms with Crippen LogP contribution in [0, 0.1) is 5.82 Å². The van der Waals surface area contributed by atoms with Crippen molar-refractivity contribution in [3.8, 4) is 28.6 Å². The summed E-state index contributed by atoms with van der Waals surface area (Å²) in [7, 11) is 0. The summed E-state index contributed by atoms with van der Waals surface area (Å²) in [6.45, 7) is 4.51. The molecule has 1 atom stereocenters. The first-order chi connectivity index (χ1) is 20.5. The zero-order chi connectivity index (χ0) is 28.8. The van der Waals surface area contributed by atoms with Crippen LogP contribution in [0.3, 0.4) is 0 Å². The molecule has 2 aliphatic rings. The summed E-state index contributed by atoms with van der Waals surface area (Å²) in [4.78, 5) is 23.0. The number of nitrogens with zero attached hydrogens (tertiary/aromatic N) is 6. The first-order valence-corrected chi connectivity index (χ1v) is 13.8. The molecule has 1 fully saturated rings. The van der Waals surface area contributed by atoms with Crippen molar-refractivity contribution in [1.82, 2.24) is 34.5 Å². The average Bonchev–Trinajstić information content (AvgIpc) is 3.76. The first-order valence-electron chi connectivity index (χ1n) is 13.8. The third kappa shape index (κ3) is 4.61. The van der Waals surface area contributed by atoms with Gasteiger partial charge in [-0.2, -0.15) is 5.10 Å². The summed E-state index contributed by atoms with van der Waals surface area (Å²) in [6, 6.07) is 18.1. The van der Waals surface area contributed by atoms with Crippen LogP contribution in [0.4, 0.5) is 8.78 Å². The van der Waals surface area contributed by atoms with Gasteiger partial charge >= 0.3 is 0 Å². The molecule has 42 heavy (non-hydrogen) atoms. The van der Waals surface area contributed by atoms with Gasteiger partial charge in [0.05, 0.1) is 17.3 Å². The molecule has 9 nitrogen and oxygen atoms in total. The second-order valence-electron chi connectivity index (χ2n) is 10.4. The maximum atomic E-state index is 15.0. The van der Waals surface area contributed by atoms with Gasteiger partial charge in [-0.1, -0.05) is 24.8 Å². The lowest BCUT2D eigenvalue weighted by molar-refractivity contribution is -0.129. The van der Waals surface area contributed by atoms with Gasteiger partial charge < -0.3 is 15.0 Å². The van der Waals surface area contributed by atoms with Crippen LogP contribution in [-0.4, -0.2) is 60.9 Å². The molecule has 1 amide bonds. The van der Waals surface area contributed by atoms with Crippen molar-refractivity contribution in [2.45, 2.75) is 24.9 Å². The van der Waals surface area contributed by atoms with Crippen molar-refractivity contribution in [3.05, 3.63) is 96.8 Å². The van der Waals surface area contributed by atoms with Gasteiger partial charge in [-0.25, -0.2) is 23.4 Å². The molecule has 0 aliphatic carbocycles. The summed E-state index contributed by atoms with van der Waals surface area (Å²) in [5.41, 5.74) is 3.28. The van der Waals surface area contributed by atoms with Crippen LogP contribution < -0.4 is 10.1 Å². The molecule has 11 heteroatoms. The van der Waals surface area contributed by atoms with Crippen LogP contribution in [0.1, 0.15) is 24.4 Å². The minimum Gasteiger partial charge on any atom is -0.491 e. The van der Waals surface area contributed by atoms with Crippen molar-refractivity contribution >= 4 is 17.1 Å². The molecule has 1 saturated heterocycles. The molecule has 0 radical (unpaired) electrons. The lowest BCUT2D eigenvalue weighted by Crippen LogP contribution is -2.46. The number of rotatable bonds is 6. The smallest absolute Gasteiger partial charge is 0.281 e. The highest BCUT2D eigenvalue weighted by atomic mass is 19.1. The van der Waals surface area contributed by atoms with E-state index in [1.165, 1.54) is 11.0 Å². The Labute approximate surface area is 240 Å². The Bertz CT molecular complexity index is 1810. The molecule has 0 spiro atoms.